The highest BCUT2D eigenvalue weighted by atomic mass is 32.2. The molecule has 10 heteroatoms. The molecule has 2 aromatic carbocycles. The smallest absolute Gasteiger partial charge is 0.422 e. The predicted octanol–water partition coefficient (Wildman–Crippen LogP) is 3.55. The van der Waals surface area contributed by atoms with Crippen LogP contribution in [-0.2, 0) is 14.8 Å². The van der Waals surface area contributed by atoms with Crippen molar-refractivity contribution in [2.75, 3.05) is 18.5 Å². The highest BCUT2D eigenvalue weighted by molar-refractivity contribution is 7.89. The Morgan fingerprint density at radius 1 is 1.07 bits per heavy atom. The molecule has 0 bridgehead atoms. The number of carbonyl (C=O) groups is 1. The van der Waals surface area contributed by atoms with Crippen molar-refractivity contribution < 1.29 is 31.1 Å². The monoisotopic (exact) mass is 430 g/mol. The molecule has 29 heavy (non-hydrogen) atoms. The van der Waals surface area contributed by atoms with Gasteiger partial charge in [-0.3, -0.25) is 4.79 Å². The van der Waals surface area contributed by atoms with Crippen molar-refractivity contribution in [3.63, 3.8) is 0 Å². The van der Waals surface area contributed by atoms with Crippen LogP contribution in [0.5, 0.6) is 5.75 Å². The molecule has 2 aromatic rings. The Morgan fingerprint density at radius 3 is 2.41 bits per heavy atom. The van der Waals surface area contributed by atoms with Gasteiger partial charge < -0.3 is 10.1 Å². The number of benzene rings is 2. The standard InChI is InChI=1S/C19H21F3N2O4S/c1-13-7-8-15(11-14(13)2)29(26,27)23-10-9-18(25)24-16-5-3-4-6-17(16)28-12-19(20,21)22/h3-8,11,23H,9-10,12H2,1-2H3,(H,24,25). The molecule has 2 rings (SSSR count). The minimum absolute atomic E-state index is 0.0683. The number of hydrogen-bond acceptors (Lipinski definition) is 4. The van der Waals surface area contributed by atoms with Crippen molar-refractivity contribution in [3.05, 3.63) is 53.6 Å². The van der Waals surface area contributed by atoms with E-state index in [0.29, 0.717) is 0 Å². The van der Waals surface area contributed by atoms with Gasteiger partial charge in [0.2, 0.25) is 15.9 Å². The highest BCUT2D eigenvalue weighted by Crippen LogP contribution is 2.26. The minimum atomic E-state index is -4.51. The van der Waals surface area contributed by atoms with E-state index in [4.69, 9.17) is 0 Å². The number of rotatable bonds is 8. The van der Waals surface area contributed by atoms with E-state index in [1.165, 1.54) is 36.4 Å². The predicted molar refractivity (Wildman–Crippen MR) is 102 cm³/mol. The Morgan fingerprint density at radius 2 is 1.76 bits per heavy atom. The van der Waals surface area contributed by atoms with E-state index in [-0.39, 0.29) is 29.3 Å². The summed E-state index contributed by atoms with van der Waals surface area (Å²) in [4.78, 5) is 12.2. The molecule has 0 fully saturated rings. The van der Waals surface area contributed by atoms with Crippen molar-refractivity contribution in [2.24, 2.45) is 0 Å². The Labute approximate surface area is 167 Å². The lowest BCUT2D eigenvalue weighted by Gasteiger charge is -2.14. The molecule has 158 valence electrons. The number of amides is 1. The lowest BCUT2D eigenvalue weighted by Crippen LogP contribution is -2.28. The molecule has 0 saturated carbocycles. The number of hydrogen-bond donors (Lipinski definition) is 2. The number of halogens is 3. The molecule has 2 N–H and O–H groups in total. The molecule has 0 aliphatic rings. The molecular formula is C19H21F3N2O4S. The number of ether oxygens (including phenoxy) is 1. The van der Waals surface area contributed by atoms with E-state index in [9.17, 15) is 26.4 Å². The Hall–Kier alpha value is -2.59. The zero-order valence-corrected chi connectivity index (χ0v) is 16.7. The van der Waals surface area contributed by atoms with Crippen LogP contribution in [0.25, 0.3) is 0 Å². The summed E-state index contributed by atoms with van der Waals surface area (Å²) in [7, 11) is -3.78. The third kappa shape index (κ3) is 7.06. The zero-order valence-electron chi connectivity index (χ0n) is 15.8. The van der Waals surface area contributed by atoms with Gasteiger partial charge in [0.1, 0.15) is 5.75 Å². The third-order valence-electron chi connectivity index (χ3n) is 3.99. The van der Waals surface area contributed by atoms with Crippen molar-refractivity contribution in [3.8, 4) is 5.75 Å². The van der Waals surface area contributed by atoms with Gasteiger partial charge in [0.05, 0.1) is 10.6 Å². The molecule has 0 saturated heterocycles. The number of sulfonamides is 1. The highest BCUT2D eigenvalue weighted by Gasteiger charge is 2.28. The zero-order chi connectivity index (χ0) is 21.7. The summed E-state index contributed by atoms with van der Waals surface area (Å²) in [6.07, 6.45) is -4.72. The maximum atomic E-state index is 12.3. The molecule has 0 unspecified atom stereocenters. The molecule has 0 aromatic heterocycles. The average molecular weight is 430 g/mol. The van der Waals surface area contributed by atoms with Gasteiger partial charge in [-0.2, -0.15) is 13.2 Å². The van der Waals surface area contributed by atoms with Gasteiger partial charge >= 0.3 is 6.18 Å². The van der Waals surface area contributed by atoms with E-state index in [2.05, 4.69) is 14.8 Å². The van der Waals surface area contributed by atoms with Gasteiger partial charge in [0, 0.05) is 13.0 Å². The van der Waals surface area contributed by atoms with Gasteiger partial charge in [-0.1, -0.05) is 18.2 Å². The lowest BCUT2D eigenvalue weighted by atomic mass is 10.1. The molecule has 0 aliphatic heterocycles. The quantitative estimate of drug-likeness (QED) is 0.671. The van der Waals surface area contributed by atoms with Gasteiger partial charge in [-0.05, 0) is 49.2 Å². The SMILES string of the molecule is Cc1ccc(S(=O)(=O)NCCC(=O)Nc2ccccc2OCC(F)(F)F)cc1C. The number of para-hydroxylation sites is 2. The summed E-state index contributed by atoms with van der Waals surface area (Å²) in [5.74, 6) is -0.704. The third-order valence-corrected chi connectivity index (χ3v) is 5.44. The van der Waals surface area contributed by atoms with Gasteiger partial charge in [0.15, 0.2) is 6.61 Å². The second kappa shape index (κ2) is 9.27. The molecule has 0 heterocycles. The van der Waals surface area contributed by atoms with Crippen LogP contribution in [0, 0.1) is 13.8 Å². The molecule has 0 radical (unpaired) electrons. The van der Waals surface area contributed by atoms with Crippen molar-refractivity contribution in [1.82, 2.24) is 4.72 Å². The summed E-state index contributed by atoms with van der Waals surface area (Å²) >= 11 is 0. The number of anilines is 1. The second-order valence-corrected chi connectivity index (χ2v) is 8.11. The van der Waals surface area contributed by atoms with E-state index < -0.39 is 28.7 Å². The van der Waals surface area contributed by atoms with Crippen LogP contribution < -0.4 is 14.8 Å². The Kier molecular flexibility index (Phi) is 7.26. The summed E-state index contributed by atoms with van der Waals surface area (Å²) in [5, 5.41) is 2.42. The van der Waals surface area contributed by atoms with E-state index in [1.54, 1.807) is 13.0 Å². The fourth-order valence-electron chi connectivity index (χ4n) is 2.33. The van der Waals surface area contributed by atoms with E-state index in [0.717, 1.165) is 11.1 Å². The van der Waals surface area contributed by atoms with Crippen LogP contribution in [0.1, 0.15) is 17.5 Å². The summed E-state index contributed by atoms with van der Waals surface area (Å²) in [5.41, 5.74) is 1.84. The van der Waals surface area contributed by atoms with Gasteiger partial charge in [-0.25, -0.2) is 13.1 Å². The van der Waals surface area contributed by atoms with E-state index >= 15 is 0 Å². The fourth-order valence-corrected chi connectivity index (χ4v) is 3.45. The van der Waals surface area contributed by atoms with Crippen LogP contribution in [0.2, 0.25) is 0 Å². The summed E-state index contributed by atoms with van der Waals surface area (Å²) < 4.78 is 68.6. The first-order chi connectivity index (χ1) is 13.5. The summed E-state index contributed by atoms with van der Waals surface area (Å²) in [6, 6.07) is 10.4. The Bertz CT molecular complexity index is 976. The second-order valence-electron chi connectivity index (χ2n) is 6.34. The minimum Gasteiger partial charge on any atom is -0.482 e. The molecular weight excluding hydrogens is 409 g/mol. The van der Waals surface area contributed by atoms with E-state index in [1.807, 2.05) is 6.92 Å². The molecule has 1 amide bonds. The number of alkyl halides is 3. The normalized spacial score (nSPS) is 11.9. The van der Waals surface area contributed by atoms with Crippen LogP contribution in [0.3, 0.4) is 0 Å². The average Bonchev–Trinajstić information content (AvgIpc) is 2.62. The fraction of sp³-hybridized carbons (Fsp3) is 0.316. The maximum absolute atomic E-state index is 12.3. The Balaban J connectivity index is 1.92. The van der Waals surface area contributed by atoms with Gasteiger partial charge in [-0.15, -0.1) is 0 Å². The van der Waals surface area contributed by atoms with Crippen LogP contribution in [0.15, 0.2) is 47.4 Å². The van der Waals surface area contributed by atoms with Crippen molar-refractivity contribution in [1.29, 1.82) is 0 Å². The number of nitrogens with one attached hydrogen (secondary N) is 2. The van der Waals surface area contributed by atoms with Crippen LogP contribution in [-0.4, -0.2) is 33.7 Å². The first kappa shape index (κ1) is 22.7. The molecule has 0 aliphatic carbocycles. The maximum Gasteiger partial charge on any atom is 0.422 e. The number of carbonyl (C=O) groups excluding carboxylic acids is 1. The van der Waals surface area contributed by atoms with Crippen LogP contribution in [0.4, 0.5) is 18.9 Å². The summed E-state index contributed by atoms with van der Waals surface area (Å²) in [6.45, 7) is 1.99. The first-order valence-electron chi connectivity index (χ1n) is 8.63. The lowest BCUT2D eigenvalue weighted by molar-refractivity contribution is -0.153. The first-order valence-corrected chi connectivity index (χ1v) is 10.1. The molecule has 6 nitrogen and oxygen atoms in total. The van der Waals surface area contributed by atoms with Crippen LogP contribution >= 0.6 is 0 Å². The van der Waals surface area contributed by atoms with Crippen molar-refractivity contribution in [2.45, 2.75) is 31.3 Å². The van der Waals surface area contributed by atoms with Gasteiger partial charge in [0.25, 0.3) is 0 Å². The number of aryl methyl sites for hydroxylation is 2. The molecule has 0 atom stereocenters. The topological polar surface area (TPSA) is 84.5 Å². The largest absolute Gasteiger partial charge is 0.482 e. The molecule has 0 spiro atoms. The van der Waals surface area contributed by atoms with Crippen molar-refractivity contribution >= 4 is 21.6 Å².